The van der Waals surface area contributed by atoms with Gasteiger partial charge in [0, 0.05) is 18.4 Å². The maximum absolute atomic E-state index is 13.4. The van der Waals surface area contributed by atoms with Gasteiger partial charge in [-0.15, -0.1) is 6.42 Å². The first-order valence-electron chi connectivity index (χ1n) is 9.51. The largest absolute Gasteiger partial charge is 0.481 e. The standard InChI is InChI=1S/C24H27FN2O3/c1-6-20-13-12-17(3)21(15-20)26-23(10-8-9-11-24(29)30)27(16-28)22(7-2)18(4)14-19(5)25/h1,7,12-16H,2,8-11H2,3-5H3,(H,29,30)/b19-14+,22-18+,26-23?. The zero-order valence-corrected chi connectivity index (χ0v) is 17.6. The maximum atomic E-state index is 13.4. The second-order valence-corrected chi connectivity index (χ2v) is 6.75. The number of carboxylic acids is 1. The molecule has 0 aliphatic rings. The number of carbonyl (C=O) groups is 2. The molecule has 1 rings (SSSR count). The fraction of sp³-hybridized carbons (Fsp3) is 0.292. The molecule has 0 bridgehead atoms. The summed E-state index contributed by atoms with van der Waals surface area (Å²) in [6, 6.07) is 5.38. The number of aliphatic imine (C=N–C) groups is 1. The second kappa shape index (κ2) is 12.2. The van der Waals surface area contributed by atoms with Crippen LogP contribution in [0.2, 0.25) is 0 Å². The molecule has 0 unspecified atom stereocenters. The number of amidine groups is 1. The van der Waals surface area contributed by atoms with Crippen LogP contribution in [0.4, 0.5) is 10.1 Å². The first-order valence-corrected chi connectivity index (χ1v) is 9.51. The van der Waals surface area contributed by atoms with Crippen LogP contribution in [0.15, 0.2) is 59.0 Å². The van der Waals surface area contributed by atoms with E-state index in [4.69, 9.17) is 11.5 Å². The average Bonchev–Trinajstić information content (AvgIpc) is 2.69. The van der Waals surface area contributed by atoms with Crippen molar-refractivity contribution in [2.45, 2.75) is 46.5 Å². The number of benzene rings is 1. The third-order valence-electron chi connectivity index (χ3n) is 4.32. The van der Waals surface area contributed by atoms with Gasteiger partial charge in [0.05, 0.1) is 17.2 Å². The van der Waals surface area contributed by atoms with Crippen molar-refractivity contribution in [2.75, 3.05) is 0 Å². The zero-order chi connectivity index (χ0) is 22.7. The minimum absolute atomic E-state index is 0.0208. The summed E-state index contributed by atoms with van der Waals surface area (Å²) in [5.41, 5.74) is 3.01. The lowest BCUT2D eigenvalue weighted by Gasteiger charge is -2.23. The van der Waals surface area contributed by atoms with Crippen LogP contribution >= 0.6 is 0 Å². The molecule has 0 saturated heterocycles. The van der Waals surface area contributed by atoms with E-state index < -0.39 is 11.8 Å². The highest BCUT2D eigenvalue weighted by molar-refractivity contribution is 5.95. The summed E-state index contributed by atoms with van der Waals surface area (Å²) >= 11 is 0. The highest BCUT2D eigenvalue weighted by Gasteiger charge is 2.17. The molecule has 0 saturated carbocycles. The number of rotatable bonds is 10. The van der Waals surface area contributed by atoms with E-state index in [2.05, 4.69) is 17.5 Å². The third-order valence-corrected chi connectivity index (χ3v) is 4.32. The van der Waals surface area contributed by atoms with Gasteiger partial charge in [-0.25, -0.2) is 9.38 Å². The van der Waals surface area contributed by atoms with Crippen LogP contribution in [0.5, 0.6) is 0 Å². The minimum atomic E-state index is -0.885. The van der Waals surface area contributed by atoms with Crippen molar-refractivity contribution in [1.82, 2.24) is 4.90 Å². The van der Waals surface area contributed by atoms with Crippen molar-refractivity contribution in [2.24, 2.45) is 4.99 Å². The van der Waals surface area contributed by atoms with Gasteiger partial charge in [0.15, 0.2) is 0 Å². The first-order chi connectivity index (χ1) is 14.2. The summed E-state index contributed by atoms with van der Waals surface area (Å²) in [6.45, 7) is 8.60. The number of carbonyl (C=O) groups excluding carboxylic acids is 1. The molecule has 1 N–H and O–H groups in total. The van der Waals surface area contributed by atoms with Crippen LogP contribution in [-0.4, -0.2) is 28.2 Å². The number of unbranched alkanes of at least 4 members (excludes halogenated alkanes) is 1. The number of hydrogen-bond donors (Lipinski definition) is 1. The Hall–Kier alpha value is -3.46. The van der Waals surface area contributed by atoms with Crippen LogP contribution in [0.25, 0.3) is 0 Å². The number of hydrogen-bond acceptors (Lipinski definition) is 3. The van der Waals surface area contributed by atoms with E-state index in [1.165, 1.54) is 24.0 Å². The first kappa shape index (κ1) is 24.6. The van der Waals surface area contributed by atoms with E-state index in [9.17, 15) is 14.0 Å². The molecule has 1 amide bonds. The maximum Gasteiger partial charge on any atom is 0.303 e. The highest BCUT2D eigenvalue weighted by Crippen LogP contribution is 2.24. The summed E-state index contributed by atoms with van der Waals surface area (Å²) in [5, 5.41) is 8.87. The molecule has 5 nitrogen and oxygen atoms in total. The minimum Gasteiger partial charge on any atom is -0.481 e. The van der Waals surface area contributed by atoms with Crippen molar-refractivity contribution in [3.63, 3.8) is 0 Å². The van der Waals surface area contributed by atoms with Crippen molar-refractivity contribution in [3.8, 4) is 12.3 Å². The van der Waals surface area contributed by atoms with Gasteiger partial charge < -0.3 is 5.11 Å². The van der Waals surface area contributed by atoms with Crippen molar-refractivity contribution >= 4 is 23.9 Å². The number of carboxylic acid groups (broad SMARTS) is 1. The Morgan fingerprint density at radius 3 is 2.53 bits per heavy atom. The highest BCUT2D eigenvalue weighted by atomic mass is 19.1. The Morgan fingerprint density at radius 2 is 2.00 bits per heavy atom. The van der Waals surface area contributed by atoms with Crippen molar-refractivity contribution in [3.05, 3.63) is 65.2 Å². The van der Waals surface area contributed by atoms with Crippen LogP contribution < -0.4 is 0 Å². The molecule has 0 fully saturated rings. The smallest absolute Gasteiger partial charge is 0.303 e. The molecular formula is C24H27FN2O3. The lowest BCUT2D eigenvalue weighted by molar-refractivity contribution is -0.137. The average molecular weight is 410 g/mol. The Balaban J connectivity index is 3.48. The molecular weight excluding hydrogens is 383 g/mol. The van der Waals surface area contributed by atoms with E-state index >= 15 is 0 Å². The zero-order valence-electron chi connectivity index (χ0n) is 17.6. The summed E-state index contributed by atoms with van der Waals surface area (Å²) in [7, 11) is 0. The van der Waals surface area contributed by atoms with Crippen molar-refractivity contribution in [1.29, 1.82) is 0 Å². The Bertz CT molecular complexity index is 932. The Morgan fingerprint density at radius 1 is 1.33 bits per heavy atom. The molecule has 0 aliphatic carbocycles. The van der Waals surface area contributed by atoms with Gasteiger partial charge in [-0.2, -0.15) is 0 Å². The lowest BCUT2D eigenvalue weighted by Crippen LogP contribution is -2.29. The summed E-state index contributed by atoms with van der Waals surface area (Å²) in [4.78, 5) is 28.8. The molecule has 0 aromatic heterocycles. The topological polar surface area (TPSA) is 70.0 Å². The summed E-state index contributed by atoms with van der Waals surface area (Å²) in [6.07, 6.45) is 10.1. The summed E-state index contributed by atoms with van der Waals surface area (Å²) in [5.74, 6) is 1.66. The molecule has 0 spiro atoms. The molecule has 30 heavy (non-hydrogen) atoms. The van der Waals surface area contributed by atoms with Gasteiger partial charge in [0.1, 0.15) is 5.84 Å². The van der Waals surface area contributed by atoms with E-state index in [1.807, 2.05) is 13.0 Å². The van der Waals surface area contributed by atoms with Crippen LogP contribution in [-0.2, 0) is 9.59 Å². The van der Waals surface area contributed by atoms with Crippen molar-refractivity contribution < 1.29 is 19.1 Å². The SMILES string of the molecule is C#Cc1ccc(C)c(N=C(CCCCC(=O)O)N(C=O)/C(C=C)=C(C)/C=C(\C)F)c1. The molecule has 0 radical (unpaired) electrons. The third kappa shape index (κ3) is 7.51. The normalized spacial score (nSPS) is 12.6. The number of nitrogens with zero attached hydrogens (tertiary/aromatic N) is 2. The fourth-order valence-electron chi connectivity index (χ4n) is 2.83. The fourth-order valence-corrected chi connectivity index (χ4v) is 2.83. The number of aliphatic carboxylic acids is 1. The van der Waals surface area contributed by atoms with Gasteiger partial charge in [0.2, 0.25) is 6.41 Å². The lowest BCUT2D eigenvalue weighted by atomic mass is 10.1. The van der Waals surface area contributed by atoms with Crippen LogP contribution in [0, 0.1) is 19.3 Å². The predicted molar refractivity (Wildman–Crippen MR) is 118 cm³/mol. The van der Waals surface area contributed by atoms with E-state index in [0.717, 1.165) is 5.56 Å². The molecule has 0 heterocycles. The molecule has 6 heteroatoms. The van der Waals surface area contributed by atoms with Gasteiger partial charge in [0.25, 0.3) is 0 Å². The molecule has 0 atom stereocenters. The second-order valence-electron chi connectivity index (χ2n) is 6.75. The number of aryl methyl sites for hydroxylation is 1. The van der Waals surface area contributed by atoms with E-state index in [-0.39, 0.29) is 6.42 Å². The monoisotopic (exact) mass is 410 g/mol. The van der Waals surface area contributed by atoms with E-state index in [1.54, 1.807) is 19.1 Å². The molecule has 158 valence electrons. The summed E-state index contributed by atoms with van der Waals surface area (Å²) < 4.78 is 13.4. The number of amides is 1. The Labute approximate surface area is 177 Å². The Kier molecular flexibility index (Phi) is 9.98. The van der Waals surface area contributed by atoms with Gasteiger partial charge in [-0.3, -0.25) is 14.5 Å². The van der Waals surface area contributed by atoms with Crippen LogP contribution in [0.3, 0.4) is 0 Å². The van der Waals surface area contributed by atoms with Crippen LogP contribution in [0.1, 0.15) is 50.7 Å². The predicted octanol–water partition coefficient (Wildman–Crippen LogP) is 5.44. The van der Waals surface area contributed by atoms with Gasteiger partial charge >= 0.3 is 5.97 Å². The number of allylic oxidation sites excluding steroid dienone is 4. The molecule has 0 aliphatic heterocycles. The number of terminal acetylenes is 1. The molecule has 1 aromatic rings. The van der Waals surface area contributed by atoms with E-state index in [0.29, 0.717) is 54.0 Å². The quantitative estimate of drug-likeness (QED) is 0.139. The van der Waals surface area contributed by atoms with Gasteiger partial charge in [-0.1, -0.05) is 18.6 Å². The van der Waals surface area contributed by atoms with Gasteiger partial charge in [-0.05, 0) is 69.0 Å². The number of halogens is 1. The molecule has 1 aromatic carbocycles.